The average molecular weight is 198 g/mol. The molecule has 1 rings (SSSR count). The van der Waals surface area contributed by atoms with Crippen molar-refractivity contribution in [3.05, 3.63) is 12.2 Å². The van der Waals surface area contributed by atoms with Gasteiger partial charge < -0.3 is 10.4 Å². The lowest BCUT2D eigenvalue weighted by Crippen LogP contribution is -2.43. The summed E-state index contributed by atoms with van der Waals surface area (Å²) >= 11 is 0. The van der Waals surface area contributed by atoms with Crippen molar-refractivity contribution in [3.8, 4) is 0 Å². The molecule has 2 N–H and O–H groups in total. The third-order valence-corrected chi connectivity index (χ3v) is 2.82. The third-order valence-electron chi connectivity index (χ3n) is 2.82. The molecule has 3 heteroatoms. The van der Waals surface area contributed by atoms with Crippen LogP contribution >= 0.6 is 0 Å². The Morgan fingerprint density at radius 2 is 2.36 bits per heavy atom. The van der Waals surface area contributed by atoms with E-state index < -0.39 is 0 Å². The lowest BCUT2D eigenvalue weighted by atomic mass is 9.96. The highest BCUT2D eigenvalue weighted by Crippen LogP contribution is 2.16. The molecule has 1 aliphatic rings. The summed E-state index contributed by atoms with van der Waals surface area (Å²) in [7, 11) is 1.94. The minimum Gasteiger partial charge on any atom is -0.393 e. The summed E-state index contributed by atoms with van der Waals surface area (Å²) in [6.45, 7) is 9.95. The predicted octanol–water partition coefficient (Wildman–Crippen LogP) is 0.465. The van der Waals surface area contributed by atoms with Gasteiger partial charge in [0.15, 0.2) is 0 Å². The highest BCUT2D eigenvalue weighted by molar-refractivity contribution is 5.00. The number of likely N-dealkylation sites (tertiary alicyclic amines) is 1. The van der Waals surface area contributed by atoms with Crippen molar-refractivity contribution in [2.75, 3.05) is 33.2 Å². The van der Waals surface area contributed by atoms with Gasteiger partial charge in [-0.1, -0.05) is 13.5 Å². The summed E-state index contributed by atoms with van der Waals surface area (Å²) in [6.07, 6.45) is 0.789. The van der Waals surface area contributed by atoms with Gasteiger partial charge in [-0.3, -0.25) is 4.90 Å². The van der Waals surface area contributed by atoms with E-state index in [1.54, 1.807) is 0 Å². The maximum atomic E-state index is 9.57. The maximum Gasteiger partial charge on any atom is 0.0590 e. The topological polar surface area (TPSA) is 35.5 Å². The average Bonchev–Trinajstić information content (AvgIpc) is 2.12. The highest BCUT2D eigenvalue weighted by atomic mass is 16.3. The van der Waals surface area contributed by atoms with E-state index in [1.807, 2.05) is 7.05 Å². The van der Waals surface area contributed by atoms with Crippen LogP contribution in [0.15, 0.2) is 12.2 Å². The first-order chi connectivity index (χ1) is 6.63. The van der Waals surface area contributed by atoms with Crippen molar-refractivity contribution >= 4 is 0 Å². The monoisotopic (exact) mass is 198 g/mol. The van der Waals surface area contributed by atoms with Crippen LogP contribution < -0.4 is 5.32 Å². The highest BCUT2D eigenvalue weighted by Gasteiger charge is 2.23. The minimum absolute atomic E-state index is 0.108. The molecule has 0 radical (unpaired) electrons. The SMILES string of the molecule is C=C(CNC)CN1CCC(O)C(C)C1. The minimum atomic E-state index is -0.108. The summed E-state index contributed by atoms with van der Waals surface area (Å²) in [4.78, 5) is 2.37. The Morgan fingerprint density at radius 3 is 2.93 bits per heavy atom. The number of piperidine rings is 1. The van der Waals surface area contributed by atoms with Crippen molar-refractivity contribution in [1.29, 1.82) is 0 Å². The number of nitrogens with one attached hydrogen (secondary N) is 1. The van der Waals surface area contributed by atoms with Crippen molar-refractivity contribution in [3.63, 3.8) is 0 Å². The van der Waals surface area contributed by atoms with Gasteiger partial charge in [-0.05, 0) is 25.0 Å². The lowest BCUT2D eigenvalue weighted by molar-refractivity contribution is 0.0386. The van der Waals surface area contributed by atoms with Crippen LogP contribution in [0, 0.1) is 5.92 Å². The van der Waals surface area contributed by atoms with E-state index in [2.05, 4.69) is 23.7 Å². The molecule has 1 heterocycles. The quantitative estimate of drug-likeness (QED) is 0.644. The number of hydrogen-bond donors (Lipinski definition) is 2. The Kier molecular flexibility index (Phi) is 4.58. The molecule has 14 heavy (non-hydrogen) atoms. The molecule has 0 bridgehead atoms. The zero-order valence-corrected chi connectivity index (χ0v) is 9.29. The van der Waals surface area contributed by atoms with Crippen LogP contribution in [0.2, 0.25) is 0 Å². The number of nitrogens with zero attached hydrogens (tertiary/aromatic N) is 1. The number of rotatable bonds is 4. The van der Waals surface area contributed by atoms with Crippen LogP contribution in [0.3, 0.4) is 0 Å². The van der Waals surface area contributed by atoms with Crippen LogP contribution in [-0.2, 0) is 0 Å². The number of likely N-dealkylation sites (N-methyl/N-ethyl adjacent to an activating group) is 1. The molecule has 2 atom stereocenters. The zero-order chi connectivity index (χ0) is 10.6. The van der Waals surface area contributed by atoms with Crippen LogP contribution in [0.5, 0.6) is 0 Å². The fourth-order valence-corrected chi connectivity index (χ4v) is 1.99. The molecule has 1 saturated heterocycles. The standard InChI is InChI=1S/C11H22N2O/c1-9(6-12-3)7-13-5-4-11(14)10(2)8-13/h10-12,14H,1,4-8H2,2-3H3. The fraction of sp³-hybridized carbons (Fsp3) is 0.818. The van der Waals surface area contributed by atoms with E-state index in [-0.39, 0.29) is 6.10 Å². The van der Waals surface area contributed by atoms with Gasteiger partial charge in [-0.15, -0.1) is 0 Å². The zero-order valence-electron chi connectivity index (χ0n) is 9.29. The van der Waals surface area contributed by atoms with E-state index in [4.69, 9.17) is 0 Å². The molecule has 82 valence electrons. The van der Waals surface area contributed by atoms with Gasteiger partial charge in [-0.25, -0.2) is 0 Å². The molecular formula is C11H22N2O. The van der Waals surface area contributed by atoms with Crippen molar-refractivity contribution in [2.24, 2.45) is 5.92 Å². The molecule has 2 unspecified atom stereocenters. The normalized spacial score (nSPS) is 29.1. The van der Waals surface area contributed by atoms with Crippen LogP contribution in [0.4, 0.5) is 0 Å². The Morgan fingerprint density at radius 1 is 1.64 bits per heavy atom. The van der Waals surface area contributed by atoms with E-state index >= 15 is 0 Å². The van der Waals surface area contributed by atoms with Gasteiger partial charge in [0.05, 0.1) is 6.10 Å². The lowest BCUT2D eigenvalue weighted by Gasteiger charge is -2.34. The maximum absolute atomic E-state index is 9.57. The molecule has 0 amide bonds. The molecule has 0 aromatic heterocycles. The van der Waals surface area contributed by atoms with Crippen molar-refractivity contribution in [1.82, 2.24) is 10.2 Å². The number of aliphatic hydroxyl groups is 1. The molecule has 0 aliphatic carbocycles. The van der Waals surface area contributed by atoms with Gasteiger partial charge in [0, 0.05) is 26.2 Å². The molecular weight excluding hydrogens is 176 g/mol. The molecule has 1 aliphatic heterocycles. The first kappa shape index (κ1) is 11.7. The van der Waals surface area contributed by atoms with E-state index in [1.165, 1.54) is 5.57 Å². The number of hydrogen-bond acceptors (Lipinski definition) is 3. The Labute approximate surface area is 86.8 Å². The smallest absolute Gasteiger partial charge is 0.0590 e. The van der Waals surface area contributed by atoms with Crippen LogP contribution in [0.25, 0.3) is 0 Å². The van der Waals surface area contributed by atoms with Gasteiger partial charge in [0.25, 0.3) is 0 Å². The molecule has 0 spiro atoms. The molecule has 0 aromatic carbocycles. The summed E-state index contributed by atoms with van der Waals surface area (Å²) in [5, 5.41) is 12.7. The summed E-state index contributed by atoms with van der Waals surface area (Å²) in [5.41, 5.74) is 1.22. The fourth-order valence-electron chi connectivity index (χ4n) is 1.99. The third kappa shape index (κ3) is 3.40. The Bertz CT molecular complexity index is 194. The summed E-state index contributed by atoms with van der Waals surface area (Å²) in [5.74, 6) is 0.395. The van der Waals surface area contributed by atoms with Crippen molar-refractivity contribution in [2.45, 2.75) is 19.4 Å². The van der Waals surface area contributed by atoms with Crippen LogP contribution in [-0.4, -0.2) is 49.3 Å². The molecule has 0 saturated carbocycles. The molecule has 0 aromatic rings. The summed E-state index contributed by atoms with van der Waals surface area (Å²) in [6, 6.07) is 0. The van der Waals surface area contributed by atoms with E-state index in [9.17, 15) is 5.11 Å². The Balaban J connectivity index is 2.29. The van der Waals surface area contributed by atoms with Gasteiger partial charge in [0.2, 0.25) is 0 Å². The number of aliphatic hydroxyl groups excluding tert-OH is 1. The second-order valence-corrected chi connectivity index (χ2v) is 4.35. The first-order valence-corrected chi connectivity index (χ1v) is 5.35. The van der Waals surface area contributed by atoms with Gasteiger partial charge in [0.1, 0.15) is 0 Å². The molecule has 3 nitrogen and oxygen atoms in total. The van der Waals surface area contributed by atoms with E-state index in [0.29, 0.717) is 5.92 Å². The second kappa shape index (κ2) is 5.49. The molecule has 1 fully saturated rings. The second-order valence-electron chi connectivity index (χ2n) is 4.35. The first-order valence-electron chi connectivity index (χ1n) is 5.35. The summed E-state index contributed by atoms with van der Waals surface area (Å²) < 4.78 is 0. The van der Waals surface area contributed by atoms with Crippen LogP contribution in [0.1, 0.15) is 13.3 Å². The Hall–Kier alpha value is -0.380. The van der Waals surface area contributed by atoms with Crippen molar-refractivity contribution < 1.29 is 5.11 Å². The van der Waals surface area contributed by atoms with Gasteiger partial charge in [-0.2, -0.15) is 0 Å². The largest absolute Gasteiger partial charge is 0.393 e. The van der Waals surface area contributed by atoms with Gasteiger partial charge >= 0.3 is 0 Å². The predicted molar refractivity (Wildman–Crippen MR) is 59.3 cm³/mol. The van der Waals surface area contributed by atoms with E-state index in [0.717, 1.165) is 32.6 Å².